The Balaban J connectivity index is 2.28. The van der Waals surface area contributed by atoms with Gasteiger partial charge in [0.15, 0.2) is 0 Å². The molecule has 0 spiro atoms. The molecule has 0 radical (unpaired) electrons. The van der Waals surface area contributed by atoms with E-state index in [1.165, 1.54) is 0 Å². The van der Waals surface area contributed by atoms with Crippen LogP contribution in [-0.2, 0) is 14.3 Å². The van der Waals surface area contributed by atoms with Crippen molar-refractivity contribution in [3.05, 3.63) is 0 Å². The molecule has 4 nitrogen and oxygen atoms in total. The number of hydrogen-bond donors (Lipinski definition) is 1. The molecule has 1 aliphatic carbocycles. The molecule has 1 fully saturated rings. The number of carbonyl (C=O) groups excluding carboxylic acids is 1. The summed E-state index contributed by atoms with van der Waals surface area (Å²) in [4.78, 5) is 22.6. The molecule has 1 N–H and O–H groups in total. The fraction of sp³-hybridized carbons (Fsp3) is 0.846. The molecule has 1 aliphatic rings. The van der Waals surface area contributed by atoms with Crippen molar-refractivity contribution in [2.75, 3.05) is 6.61 Å². The van der Waals surface area contributed by atoms with Crippen LogP contribution < -0.4 is 0 Å². The highest BCUT2D eigenvalue weighted by molar-refractivity contribution is 5.75. The van der Waals surface area contributed by atoms with Crippen molar-refractivity contribution >= 4 is 11.9 Å². The van der Waals surface area contributed by atoms with Crippen molar-refractivity contribution in [3.63, 3.8) is 0 Å². The number of hydrogen-bond acceptors (Lipinski definition) is 3. The molecule has 0 heterocycles. The highest BCUT2D eigenvalue weighted by Crippen LogP contribution is 2.30. The van der Waals surface area contributed by atoms with Crippen LogP contribution >= 0.6 is 0 Å². The van der Waals surface area contributed by atoms with E-state index >= 15 is 0 Å². The van der Waals surface area contributed by atoms with Crippen molar-refractivity contribution in [1.82, 2.24) is 0 Å². The summed E-state index contributed by atoms with van der Waals surface area (Å²) in [6.45, 7) is 2.57. The summed E-state index contributed by atoms with van der Waals surface area (Å²) in [6, 6.07) is 0. The lowest BCUT2D eigenvalue weighted by atomic mass is 9.81. The molecule has 0 aromatic rings. The van der Waals surface area contributed by atoms with E-state index in [1.807, 2.05) is 0 Å². The third-order valence-corrected chi connectivity index (χ3v) is 3.35. The van der Waals surface area contributed by atoms with Gasteiger partial charge in [-0.2, -0.15) is 0 Å². The first-order valence-electron chi connectivity index (χ1n) is 6.54. The molecule has 0 saturated heterocycles. The van der Waals surface area contributed by atoms with Crippen LogP contribution in [0.5, 0.6) is 0 Å². The third kappa shape index (κ3) is 4.75. The molecule has 1 rings (SSSR count). The molecule has 0 aliphatic heterocycles. The van der Waals surface area contributed by atoms with Gasteiger partial charge in [0.2, 0.25) is 0 Å². The molecule has 2 atom stereocenters. The van der Waals surface area contributed by atoms with Gasteiger partial charge < -0.3 is 9.84 Å². The molecule has 0 aromatic heterocycles. The maximum Gasteiger partial charge on any atom is 0.308 e. The van der Waals surface area contributed by atoms with Crippen molar-refractivity contribution in [2.45, 2.75) is 51.9 Å². The van der Waals surface area contributed by atoms with Gasteiger partial charge in [-0.3, -0.25) is 9.59 Å². The summed E-state index contributed by atoms with van der Waals surface area (Å²) in [7, 11) is 0. The number of aliphatic carboxylic acids is 1. The number of carbonyl (C=O) groups is 2. The SMILES string of the molecule is CCCCCOC(=O)C1CCCC(C(=O)O)C1. The fourth-order valence-corrected chi connectivity index (χ4v) is 2.27. The molecule has 17 heavy (non-hydrogen) atoms. The second-order valence-electron chi connectivity index (χ2n) is 4.77. The van der Waals surface area contributed by atoms with E-state index in [9.17, 15) is 9.59 Å². The number of unbranched alkanes of at least 4 members (excludes halogenated alkanes) is 2. The summed E-state index contributed by atoms with van der Waals surface area (Å²) < 4.78 is 5.18. The Morgan fingerprint density at radius 3 is 2.59 bits per heavy atom. The van der Waals surface area contributed by atoms with Crippen molar-refractivity contribution in [3.8, 4) is 0 Å². The standard InChI is InChI=1S/C13H22O4/c1-2-3-4-8-17-13(16)11-7-5-6-10(9-11)12(14)15/h10-11H,2-9H2,1H3,(H,14,15). The molecule has 98 valence electrons. The van der Waals surface area contributed by atoms with Gasteiger partial charge in [0.25, 0.3) is 0 Å². The zero-order valence-corrected chi connectivity index (χ0v) is 10.5. The lowest BCUT2D eigenvalue weighted by Crippen LogP contribution is -2.28. The predicted molar refractivity (Wildman–Crippen MR) is 63.6 cm³/mol. The maximum atomic E-state index is 11.7. The van der Waals surface area contributed by atoms with E-state index in [1.54, 1.807) is 0 Å². The molecular formula is C13H22O4. The predicted octanol–water partition coefficient (Wildman–Crippen LogP) is 2.61. The van der Waals surface area contributed by atoms with Gasteiger partial charge in [0.05, 0.1) is 18.4 Å². The van der Waals surface area contributed by atoms with Crippen LogP contribution in [0.25, 0.3) is 0 Å². The summed E-state index contributed by atoms with van der Waals surface area (Å²) in [5, 5.41) is 8.93. The average Bonchev–Trinajstić information content (AvgIpc) is 2.34. The van der Waals surface area contributed by atoms with Gasteiger partial charge in [-0.1, -0.05) is 26.2 Å². The molecule has 2 unspecified atom stereocenters. The zero-order valence-electron chi connectivity index (χ0n) is 10.5. The lowest BCUT2D eigenvalue weighted by molar-refractivity contribution is -0.152. The van der Waals surface area contributed by atoms with Gasteiger partial charge in [0, 0.05) is 0 Å². The average molecular weight is 242 g/mol. The largest absolute Gasteiger partial charge is 0.481 e. The van der Waals surface area contributed by atoms with E-state index < -0.39 is 5.97 Å². The molecule has 0 aromatic carbocycles. The summed E-state index contributed by atoms with van der Waals surface area (Å²) in [5.74, 6) is -1.55. The summed E-state index contributed by atoms with van der Waals surface area (Å²) in [5.41, 5.74) is 0. The van der Waals surface area contributed by atoms with Crippen LogP contribution in [0.1, 0.15) is 51.9 Å². The highest BCUT2D eigenvalue weighted by Gasteiger charge is 2.31. The van der Waals surface area contributed by atoms with Gasteiger partial charge in [0.1, 0.15) is 0 Å². The number of carboxylic acids is 1. The number of esters is 1. The number of ether oxygens (including phenoxy) is 1. The Hall–Kier alpha value is -1.06. The number of carboxylic acid groups (broad SMARTS) is 1. The first kappa shape index (κ1) is 14.0. The molecule has 0 bridgehead atoms. The normalized spacial score (nSPS) is 24.3. The fourth-order valence-electron chi connectivity index (χ4n) is 2.27. The van der Waals surface area contributed by atoms with E-state index in [-0.39, 0.29) is 17.8 Å². The first-order valence-corrected chi connectivity index (χ1v) is 6.54. The van der Waals surface area contributed by atoms with Gasteiger partial charge >= 0.3 is 11.9 Å². The van der Waals surface area contributed by atoms with Crippen LogP contribution in [-0.4, -0.2) is 23.7 Å². The van der Waals surface area contributed by atoms with Gasteiger partial charge in [-0.05, 0) is 25.7 Å². The van der Waals surface area contributed by atoms with Crippen molar-refractivity contribution in [1.29, 1.82) is 0 Å². The van der Waals surface area contributed by atoms with Crippen LogP contribution in [0.2, 0.25) is 0 Å². The number of rotatable bonds is 6. The topological polar surface area (TPSA) is 63.6 Å². The first-order chi connectivity index (χ1) is 8.15. The quantitative estimate of drug-likeness (QED) is 0.574. The molecular weight excluding hydrogens is 220 g/mol. The van der Waals surface area contributed by atoms with Crippen LogP contribution in [0, 0.1) is 11.8 Å². The van der Waals surface area contributed by atoms with E-state index in [4.69, 9.17) is 9.84 Å². The minimum atomic E-state index is -0.784. The third-order valence-electron chi connectivity index (χ3n) is 3.35. The Kier molecular flexibility index (Phi) is 6.01. The van der Waals surface area contributed by atoms with E-state index in [0.717, 1.165) is 32.1 Å². The summed E-state index contributed by atoms with van der Waals surface area (Å²) >= 11 is 0. The highest BCUT2D eigenvalue weighted by atomic mass is 16.5. The zero-order chi connectivity index (χ0) is 12.7. The van der Waals surface area contributed by atoms with Crippen LogP contribution in [0.4, 0.5) is 0 Å². The Bertz CT molecular complexity index is 262. The maximum absolute atomic E-state index is 11.7. The molecule has 4 heteroatoms. The minimum absolute atomic E-state index is 0.202. The lowest BCUT2D eigenvalue weighted by Gasteiger charge is -2.24. The molecule has 0 amide bonds. The smallest absolute Gasteiger partial charge is 0.308 e. The monoisotopic (exact) mass is 242 g/mol. The Morgan fingerprint density at radius 1 is 1.24 bits per heavy atom. The van der Waals surface area contributed by atoms with Crippen molar-refractivity contribution < 1.29 is 19.4 Å². The van der Waals surface area contributed by atoms with Gasteiger partial charge in [-0.25, -0.2) is 0 Å². The van der Waals surface area contributed by atoms with Crippen LogP contribution in [0.15, 0.2) is 0 Å². The Labute approximate surface area is 102 Å². The van der Waals surface area contributed by atoms with Crippen LogP contribution in [0.3, 0.4) is 0 Å². The second kappa shape index (κ2) is 7.30. The minimum Gasteiger partial charge on any atom is -0.481 e. The summed E-state index contributed by atoms with van der Waals surface area (Å²) in [6.07, 6.45) is 5.79. The van der Waals surface area contributed by atoms with E-state index in [0.29, 0.717) is 19.4 Å². The molecule has 1 saturated carbocycles. The Morgan fingerprint density at radius 2 is 1.94 bits per heavy atom. The van der Waals surface area contributed by atoms with E-state index in [2.05, 4.69) is 6.92 Å². The second-order valence-corrected chi connectivity index (χ2v) is 4.77. The van der Waals surface area contributed by atoms with Crippen molar-refractivity contribution in [2.24, 2.45) is 11.8 Å². The van der Waals surface area contributed by atoms with Gasteiger partial charge in [-0.15, -0.1) is 0 Å².